The number of ether oxygens (including phenoxy) is 1. The largest absolute Gasteiger partial charge is 0.437 e. The molecule has 1 unspecified atom stereocenters. The van der Waals surface area contributed by atoms with Crippen LogP contribution < -0.4 is 20.7 Å². The molecule has 1 atom stereocenters. The van der Waals surface area contributed by atoms with Gasteiger partial charge in [-0.1, -0.05) is 23.5 Å². The minimum absolute atomic E-state index is 0.0301. The summed E-state index contributed by atoms with van der Waals surface area (Å²) in [6.45, 7) is 5.31. The van der Waals surface area contributed by atoms with E-state index in [0.29, 0.717) is 22.8 Å². The molecule has 5 rings (SSSR count). The van der Waals surface area contributed by atoms with E-state index in [-0.39, 0.29) is 34.3 Å². The van der Waals surface area contributed by atoms with Crippen molar-refractivity contribution >= 4 is 44.2 Å². The number of fused-ring (bicyclic) bond motifs is 1. The number of carbonyl (C=O) groups excluding carboxylic acids is 2. The summed E-state index contributed by atoms with van der Waals surface area (Å²) in [7, 11) is 0. The summed E-state index contributed by atoms with van der Waals surface area (Å²) in [5, 5.41) is 8.93. The van der Waals surface area contributed by atoms with Gasteiger partial charge in [0.25, 0.3) is 0 Å². The highest BCUT2D eigenvalue weighted by Gasteiger charge is 2.35. The molecule has 1 aliphatic heterocycles. The Morgan fingerprint density at radius 3 is 2.62 bits per heavy atom. The van der Waals surface area contributed by atoms with Crippen molar-refractivity contribution < 1.29 is 27.5 Å². The molecule has 4 aromatic rings. The quantitative estimate of drug-likeness (QED) is 0.261. The lowest BCUT2D eigenvalue weighted by Crippen LogP contribution is -2.43. The van der Waals surface area contributed by atoms with E-state index in [1.54, 1.807) is 12.1 Å². The van der Waals surface area contributed by atoms with E-state index in [0.717, 1.165) is 23.3 Å². The minimum Gasteiger partial charge on any atom is -0.437 e. The van der Waals surface area contributed by atoms with Crippen LogP contribution in [0, 0.1) is 0 Å². The first-order valence-corrected chi connectivity index (χ1v) is 13.2. The lowest BCUT2D eigenvalue weighted by molar-refractivity contribution is -0.137. The molecule has 2 aromatic carbocycles. The number of nitrogens with zero attached hydrogens (tertiary/aromatic N) is 3. The van der Waals surface area contributed by atoms with Crippen molar-refractivity contribution in [1.82, 2.24) is 20.3 Å². The predicted octanol–water partition coefficient (Wildman–Crippen LogP) is 5.99. The molecule has 9 nitrogen and oxygen atoms in total. The molecule has 2 amide bonds. The molecule has 1 aliphatic rings. The summed E-state index contributed by atoms with van der Waals surface area (Å²) < 4.78 is 47.4. The van der Waals surface area contributed by atoms with Gasteiger partial charge < -0.3 is 20.7 Å². The summed E-state index contributed by atoms with van der Waals surface area (Å²) in [5.74, 6) is -0.204. The van der Waals surface area contributed by atoms with Gasteiger partial charge >= 0.3 is 6.18 Å². The number of rotatable bonds is 6. The van der Waals surface area contributed by atoms with Gasteiger partial charge in [-0.05, 0) is 51.0 Å². The number of aromatic nitrogens is 3. The number of carbonyl (C=O) groups is 2. The van der Waals surface area contributed by atoms with Gasteiger partial charge in [-0.2, -0.15) is 13.2 Å². The third-order valence-corrected chi connectivity index (χ3v) is 7.28. The fraction of sp³-hybridized carbons (Fsp3) is 0.296. The maximum Gasteiger partial charge on any atom is 0.416 e. The number of hydrogen-bond acceptors (Lipinski definition) is 8. The van der Waals surface area contributed by atoms with E-state index in [1.165, 1.54) is 36.7 Å². The average molecular weight is 571 g/mol. The SMILES string of the molecule is CC(=O)Nc1nc2c(Oc3cc(-c4ccc(C(F)(F)F)cc4NC(=O)C4CCC(C)(C)N4)ncn3)cccc2s1. The first-order valence-electron chi connectivity index (χ1n) is 12.4. The van der Waals surface area contributed by atoms with E-state index in [2.05, 4.69) is 30.9 Å². The third kappa shape index (κ3) is 6.05. The molecule has 0 radical (unpaired) electrons. The van der Waals surface area contributed by atoms with Crippen molar-refractivity contribution in [1.29, 1.82) is 0 Å². The molecule has 208 valence electrons. The van der Waals surface area contributed by atoms with Crippen LogP contribution in [0.2, 0.25) is 0 Å². The molecule has 3 N–H and O–H groups in total. The molecule has 1 fully saturated rings. The van der Waals surface area contributed by atoms with E-state index < -0.39 is 23.7 Å². The molecule has 3 heterocycles. The monoisotopic (exact) mass is 570 g/mol. The Hall–Kier alpha value is -4.10. The molecule has 2 aromatic heterocycles. The van der Waals surface area contributed by atoms with Crippen LogP contribution in [-0.2, 0) is 15.8 Å². The van der Waals surface area contributed by atoms with Crippen LogP contribution in [0.4, 0.5) is 24.0 Å². The Bertz CT molecular complexity index is 1600. The molecule has 0 spiro atoms. The van der Waals surface area contributed by atoms with Crippen LogP contribution in [0.5, 0.6) is 11.6 Å². The Balaban J connectivity index is 1.47. The lowest BCUT2D eigenvalue weighted by Gasteiger charge is -2.21. The van der Waals surface area contributed by atoms with Gasteiger partial charge in [-0.25, -0.2) is 15.0 Å². The summed E-state index contributed by atoms with van der Waals surface area (Å²) in [6.07, 6.45) is -2.07. The average Bonchev–Trinajstić information content (AvgIpc) is 3.46. The lowest BCUT2D eigenvalue weighted by atomic mass is 10.0. The summed E-state index contributed by atoms with van der Waals surface area (Å²) in [5.41, 5.74) is -0.158. The van der Waals surface area contributed by atoms with Gasteiger partial charge in [0.1, 0.15) is 11.8 Å². The minimum atomic E-state index is -4.60. The molecule has 13 heteroatoms. The van der Waals surface area contributed by atoms with Crippen molar-refractivity contribution in [2.75, 3.05) is 10.6 Å². The van der Waals surface area contributed by atoms with Gasteiger partial charge in [0.05, 0.1) is 27.7 Å². The van der Waals surface area contributed by atoms with E-state index in [1.807, 2.05) is 19.9 Å². The Morgan fingerprint density at radius 2 is 1.93 bits per heavy atom. The van der Waals surface area contributed by atoms with Crippen LogP contribution in [-0.4, -0.2) is 38.3 Å². The van der Waals surface area contributed by atoms with Gasteiger partial charge in [0, 0.05) is 24.1 Å². The highest BCUT2D eigenvalue weighted by atomic mass is 32.1. The van der Waals surface area contributed by atoms with Crippen LogP contribution in [0.25, 0.3) is 21.5 Å². The number of alkyl halides is 3. The van der Waals surface area contributed by atoms with Crippen molar-refractivity contribution in [3.63, 3.8) is 0 Å². The highest BCUT2D eigenvalue weighted by molar-refractivity contribution is 7.22. The Labute approximate surface area is 231 Å². The van der Waals surface area contributed by atoms with Crippen molar-refractivity contribution in [3.8, 4) is 22.9 Å². The number of halogens is 3. The summed E-state index contributed by atoms with van der Waals surface area (Å²) >= 11 is 1.28. The fourth-order valence-corrected chi connectivity index (χ4v) is 5.38. The van der Waals surface area contributed by atoms with Crippen LogP contribution in [0.15, 0.2) is 48.8 Å². The van der Waals surface area contributed by atoms with E-state index >= 15 is 0 Å². The number of nitrogens with one attached hydrogen (secondary N) is 3. The maximum atomic E-state index is 13.5. The van der Waals surface area contributed by atoms with Crippen LogP contribution in [0.3, 0.4) is 0 Å². The molecule has 0 bridgehead atoms. The molecule has 40 heavy (non-hydrogen) atoms. The second kappa shape index (κ2) is 10.5. The topological polar surface area (TPSA) is 118 Å². The van der Waals surface area contributed by atoms with E-state index in [9.17, 15) is 22.8 Å². The molecule has 0 saturated carbocycles. The van der Waals surface area contributed by atoms with Crippen LogP contribution >= 0.6 is 11.3 Å². The number of hydrogen-bond donors (Lipinski definition) is 3. The second-order valence-corrected chi connectivity index (χ2v) is 11.0. The maximum absolute atomic E-state index is 13.5. The predicted molar refractivity (Wildman–Crippen MR) is 145 cm³/mol. The summed E-state index contributed by atoms with van der Waals surface area (Å²) in [4.78, 5) is 37.2. The zero-order valence-electron chi connectivity index (χ0n) is 21.7. The van der Waals surface area contributed by atoms with Gasteiger partial charge in [0.2, 0.25) is 17.7 Å². The van der Waals surface area contributed by atoms with Gasteiger partial charge in [0.15, 0.2) is 10.9 Å². The standard InChI is InChI=1S/C27H25F3N6O3S/c1-14(37)33-25-35-23-20(5-4-6-21(23)40-25)39-22-12-18(31-13-32-22)16-8-7-15(27(28,29)30)11-19(16)34-24(38)17-9-10-26(2,3)36-17/h4-8,11-13,17,36H,9-10H2,1-3H3,(H,34,38)(H,33,35,37). The van der Waals surface area contributed by atoms with Gasteiger partial charge in [-0.3, -0.25) is 9.59 Å². The number of anilines is 2. The number of benzene rings is 2. The molecular weight excluding hydrogens is 545 g/mol. The molecule has 1 saturated heterocycles. The smallest absolute Gasteiger partial charge is 0.416 e. The number of amides is 2. The fourth-order valence-electron chi connectivity index (χ4n) is 4.45. The highest BCUT2D eigenvalue weighted by Crippen LogP contribution is 2.38. The Kier molecular flexibility index (Phi) is 7.19. The summed E-state index contributed by atoms with van der Waals surface area (Å²) in [6, 6.07) is 9.29. The first-order chi connectivity index (χ1) is 18.9. The van der Waals surface area contributed by atoms with Crippen molar-refractivity contribution in [2.24, 2.45) is 0 Å². The van der Waals surface area contributed by atoms with Crippen molar-refractivity contribution in [2.45, 2.75) is 51.4 Å². The Morgan fingerprint density at radius 1 is 1.12 bits per heavy atom. The first kappa shape index (κ1) is 27.5. The second-order valence-electron chi connectivity index (χ2n) is 10.0. The number of thiazole rings is 1. The number of para-hydroxylation sites is 1. The van der Waals surface area contributed by atoms with Crippen LogP contribution in [0.1, 0.15) is 39.2 Å². The zero-order valence-corrected chi connectivity index (χ0v) is 22.5. The van der Waals surface area contributed by atoms with Crippen molar-refractivity contribution in [3.05, 3.63) is 54.4 Å². The zero-order chi connectivity index (χ0) is 28.7. The third-order valence-electron chi connectivity index (χ3n) is 6.34. The molecular formula is C27H25F3N6O3S. The van der Waals surface area contributed by atoms with Gasteiger partial charge in [-0.15, -0.1) is 0 Å². The normalized spacial score (nSPS) is 16.6. The molecule has 0 aliphatic carbocycles. The van der Waals surface area contributed by atoms with E-state index in [4.69, 9.17) is 4.74 Å².